The summed E-state index contributed by atoms with van der Waals surface area (Å²) < 4.78 is 21.1. The maximum absolute atomic E-state index is 15.1. The quantitative estimate of drug-likeness (QED) is 0.221. The molecular weight excluding hydrogens is 558 g/mol. The molecule has 0 bridgehead atoms. The molecular formula is C28H29Cl2FN6O3. The zero-order valence-corrected chi connectivity index (χ0v) is 23.3. The van der Waals surface area contributed by atoms with E-state index in [-0.39, 0.29) is 17.8 Å². The van der Waals surface area contributed by atoms with Crippen LogP contribution in [0.1, 0.15) is 35.4 Å². The van der Waals surface area contributed by atoms with Crippen LogP contribution in [0.4, 0.5) is 10.1 Å². The number of piperazine rings is 1. The Kier molecular flexibility index (Phi) is 9.70. The molecule has 40 heavy (non-hydrogen) atoms. The van der Waals surface area contributed by atoms with E-state index in [0.29, 0.717) is 52.2 Å². The molecule has 1 aromatic carbocycles. The number of benzene rings is 1. The highest BCUT2D eigenvalue weighted by molar-refractivity contribution is 6.35. The van der Waals surface area contributed by atoms with Crippen molar-refractivity contribution >= 4 is 46.4 Å². The number of allylic oxidation sites excluding steroid dienone is 1. The number of hydrogen-bond acceptors (Lipinski definition) is 8. The van der Waals surface area contributed by atoms with Crippen molar-refractivity contribution in [2.75, 3.05) is 38.5 Å². The Balaban J connectivity index is 1.40. The van der Waals surface area contributed by atoms with Crippen LogP contribution >= 0.6 is 23.2 Å². The van der Waals surface area contributed by atoms with Gasteiger partial charge in [0.05, 0.1) is 28.0 Å². The monoisotopic (exact) mass is 586 g/mol. The van der Waals surface area contributed by atoms with Crippen molar-refractivity contribution in [2.45, 2.75) is 19.6 Å². The molecule has 1 atom stereocenters. The number of aromatic nitrogens is 2. The third-order valence-electron chi connectivity index (χ3n) is 6.51. The Morgan fingerprint density at radius 3 is 2.45 bits per heavy atom. The van der Waals surface area contributed by atoms with Crippen LogP contribution in [0.15, 0.2) is 55.0 Å². The minimum atomic E-state index is -0.830. The van der Waals surface area contributed by atoms with Gasteiger partial charge in [-0.05, 0) is 37.3 Å². The molecule has 2 aromatic heterocycles. The molecule has 0 amide bonds. The van der Waals surface area contributed by atoms with Gasteiger partial charge >= 0.3 is 5.97 Å². The number of anilines is 1. The maximum Gasteiger partial charge on any atom is 0.317 e. The van der Waals surface area contributed by atoms with Crippen LogP contribution in [0.2, 0.25) is 10.0 Å². The predicted molar refractivity (Wildman–Crippen MR) is 154 cm³/mol. The molecule has 0 aliphatic carbocycles. The SMILES string of the molecule is C[C@@H](Oc1ccc(N)c(C(=N)/C=C(\F)c2ccc(CN3CCN(CC(=O)O)CC3)nc2)c1)c1c(Cl)cncc1Cl. The van der Waals surface area contributed by atoms with E-state index in [4.69, 9.17) is 44.2 Å². The highest BCUT2D eigenvalue weighted by atomic mass is 35.5. The summed E-state index contributed by atoms with van der Waals surface area (Å²) in [6, 6.07) is 8.18. The van der Waals surface area contributed by atoms with Gasteiger partial charge in [-0.3, -0.25) is 24.6 Å². The summed E-state index contributed by atoms with van der Waals surface area (Å²) in [5.41, 5.74) is 8.15. The van der Waals surface area contributed by atoms with Crippen LogP contribution in [-0.4, -0.2) is 69.3 Å². The molecule has 0 spiro atoms. The van der Waals surface area contributed by atoms with Crippen LogP contribution < -0.4 is 10.5 Å². The molecule has 0 radical (unpaired) electrons. The second-order valence-corrected chi connectivity index (χ2v) is 10.2. The standard InChI is InChI=1S/C28H29Cl2FN6O3/c1-17(28-22(29)13-34-14-23(28)30)40-20-4-5-25(32)21(10-20)26(33)11-24(31)18-2-3-19(35-12-18)15-36-6-8-37(9-7-36)16-27(38)39/h2-5,10-14,17,33H,6-9,15-16,32H2,1H3,(H,38,39)/b24-11-,33-26?/t17-/m1/s1. The van der Waals surface area contributed by atoms with E-state index in [1.165, 1.54) is 18.6 Å². The highest BCUT2D eigenvalue weighted by Crippen LogP contribution is 2.33. The third kappa shape index (κ3) is 7.54. The number of carboxylic acids is 1. The second kappa shape index (κ2) is 13.2. The number of aliphatic carboxylic acids is 1. The first-order valence-electron chi connectivity index (χ1n) is 12.5. The number of ether oxygens (including phenoxy) is 1. The molecule has 0 saturated carbocycles. The van der Waals surface area contributed by atoms with Gasteiger partial charge in [0.25, 0.3) is 0 Å². The van der Waals surface area contributed by atoms with Crippen molar-refractivity contribution in [3.05, 3.63) is 87.4 Å². The lowest BCUT2D eigenvalue weighted by atomic mass is 10.1. The predicted octanol–water partition coefficient (Wildman–Crippen LogP) is 5.09. The molecule has 3 aromatic rings. The van der Waals surface area contributed by atoms with Crippen LogP contribution in [0.25, 0.3) is 5.83 Å². The number of rotatable bonds is 10. The zero-order chi connectivity index (χ0) is 28.8. The first kappa shape index (κ1) is 29.4. The molecule has 210 valence electrons. The number of nitrogens with zero attached hydrogens (tertiary/aromatic N) is 4. The van der Waals surface area contributed by atoms with Crippen molar-refractivity contribution in [3.63, 3.8) is 0 Å². The minimum absolute atomic E-state index is 0.0405. The molecule has 4 rings (SSSR count). The van der Waals surface area contributed by atoms with E-state index in [2.05, 4.69) is 14.9 Å². The largest absolute Gasteiger partial charge is 0.486 e. The summed E-state index contributed by atoms with van der Waals surface area (Å²) in [4.78, 5) is 23.3. The Bertz CT molecular complexity index is 1390. The van der Waals surface area contributed by atoms with Crippen LogP contribution in [-0.2, 0) is 11.3 Å². The van der Waals surface area contributed by atoms with Crippen molar-refractivity contribution in [1.29, 1.82) is 5.41 Å². The number of carbonyl (C=O) groups is 1. The van der Waals surface area contributed by atoms with Gasteiger partial charge in [0.1, 0.15) is 17.7 Å². The van der Waals surface area contributed by atoms with E-state index < -0.39 is 17.9 Å². The van der Waals surface area contributed by atoms with Gasteiger partial charge in [0, 0.05) is 79.8 Å². The van der Waals surface area contributed by atoms with Gasteiger partial charge in [0.15, 0.2) is 0 Å². The first-order valence-corrected chi connectivity index (χ1v) is 13.3. The zero-order valence-electron chi connectivity index (χ0n) is 21.8. The molecule has 9 nitrogen and oxygen atoms in total. The molecule has 3 heterocycles. The molecule has 1 saturated heterocycles. The number of hydrogen-bond donors (Lipinski definition) is 3. The van der Waals surface area contributed by atoms with E-state index in [1.54, 1.807) is 37.3 Å². The van der Waals surface area contributed by atoms with Crippen LogP contribution in [0, 0.1) is 5.41 Å². The topological polar surface area (TPSA) is 129 Å². The molecule has 0 unspecified atom stereocenters. The van der Waals surface area contributed by atoms with Gasteiger partial charge in [0.2, 0.25) is 0 Å². The Hall–Kier alpha value is -3.57. The summed E-state index contributed by atoms with van der Waals surface area (Å²) in [6.07, 6.45) is 4.97. The summed E-state index contributed by atoms with van der Waals surface area (Å²) in [7, 11) is 0. The summed E-state index contributed by atoms with van der Waals surface area (Å²) in [5.74, 6) is -1.04. The van der Waals surface area contributed by atoms with Gasteiger partial charge < -0.3 is 21.0 Å². The molecule has 1 fully saturated rings. The van der Waals surface area contributed by atoms with Crippen molar-refractivity contribution in [2.24, 2.45) is 0 Å². The van der Waals surface area contributed by atoms with Gasteiger partial charge in [-0.25, -0.2) is 4.39 Å². The average Bonchev–Trinajstić information content (AvgIpc) is 2.91. The molecule has 1 aliphatic rings. The number of nitrogens with one attached hydrogen (secondary N) is 1. The van der Waals surface area contributed by atoms with Crippen LogP contribution in [0.5, 0.6) is 5.75 Å². The number of nitrogen functional groups attached to an aromatic ring is 1. The highest BCUT2D eigenvalue weighted by Gasteiger charge is 2.20. The van der Waals surface area contributed by atoms with Gasteiger partial charge in [-0.1, -0.05) is 23.2 Å². The molecule has 12 heteroatoms. The molecule has 1 aliphatic heterocycles. The number of carboxylic acid groups (broad SMARTS) is 1. The summed E-state index contributed by atoms with van der Waals surface area (Å²) in [6.45, 7) is 5.21. The lowest BCUT2D eigenvalue weighted by Gasteiger charge is -2.33. The number of halogens is 3. The van der Waals surface area contributed by atoms with Gasteiger partial charge in [-0.2, -0.15) is 0 Å². The number of nitrogens with two attached hydrogens (primary N) is 1. The fraction of sp³-hybridized carbons (Fsp3) is 0.286. The smallest absolute Gasteiger partial charge is 0.317 e. The van der Waals surface area contributed by atoms with E-state index >= 15 is 4.39 Å². The van der Waals surface area contributed by atoms with E-state index in [0.717, 1.165) is 24.9 Å². The molecule has 4 N–H and O–H groups in total. The minimum Gasteiger partial charge on any atom is -0.486 e. The fourth-order valence-corrected chi connectivity index (χ4v) is 5.06. The fourth-order valence-electron chi connectivity index (χ4n) is 4.39. The Morgan fingerprint density at radius 2 is 1.82 bits per heavy atom. The van der Waals surface area contributed by atoms with E-state index in [9.17, 15) is 4.79 Å². The van der Waals surface area contributed by atoms with Crippen LogP contribution in [0.3, 0.4) is 0 Å². The average molecular weight is 587 g/mol. The lowest BCUT2D eigenvalue weighted by molar-refractivity contribution is -0.138. The van der Waals surface area contributed by atoms with Crippen molar-refractivity contribution in [1.82, 2.24) is 19.8 Å². The van der Waals surface area contributed by atoms with Crippen molar-refractivity contribution < 1.29 is 19.0 Å². The third-order valence-corrected chi connectivity index (χ3v) is 7.11. The Labute approximate surface area is 241 Å². The summed E-state index contributed by atoms with van der Waals surface area (Å²) >= 11 is 12.5. The van der Waals surface area contributed by atoms with Gasteiger partial charge in [-0.15, -0.1) is 0 Å². The number of pyridine rings is 2. The van der Waals surface area contributed by atoms with Crippen molar-refractivity contribution in [3.8, 4) is 5.75 Å². The van der Waals surface area contributed by atoms with E-state index in [1.807, 2.05) is 4.90 Å². The maximum atomic E-state index is 15.1. The summed E-state index contributed by atoms with van der Waals surface area (Å²) in [5, 5.41) is 18.1. The lowest BCUT2D eigenvalue weighted by Crippen LogP contribution is -2.47. The second-order valence-electron chi connectivity index (χ2n) is 9.42. The normalized spacial score (nSPS) is 15.6. The Morgan fingerprint density at radius 1 is 1.15 bits per heavy atom. The first-order chi connectivity index (χ1) is 19.1.